The number of hydrogen-bond acceptors (Lipinski definition) is 3. The largest absolute Gasteiger partial charge is 0.392 e. The van der Waals surface area contributed by atoms with E-state index in [2.05, 4.69) is 17.1 Å². The van der Waals surface area contributed by atoms with Crippen molar-refractivity contribution in [1.82, 2.24) is 10.2 Å². The molecule has 0 bridgehead atoms. The zero-order valence-corrected chi connectivity index (χ0v) is 11.2. The van der Waals surface area contributed by atoms with Crippen molar-refractivity contribution in [3.8, 4) is 0 Å². The molecule has 0 aromatic carbocycles. The molecule has 0 spiro atoms. The monoisotopic (exact) mass is 240 g/mol. The molecule has 1 saturated heterocycles. The van der Waals surface area contributed by atoms with E-state index in [4.69, 9.17) is 0 Å². The molecule has 0 radical (unpaired) electrons. The standard InChI is InChI=1S/C14H28N2O/c1-12(11-16-8-4-5-9-16)10-15-13-6-2-3-7-14(13)17/h12-15,17H,2-11H2,1H3/t12?,13-,14-/m0/s1. The van der Waals surface area contributed by atoms with E-state index in [1.165, 1.54) is 45.3 Å². The highest BCUT2D eigenvalue weighted by atomic mass is 16.3. The number of rotatable bonds is 5. The van der Waals surface area contributed by atoms with Gasteiger partial charge in [-0.15, -0.1) is 0 Å². The van der Waals surface area contributed by atoms with Crippen LogP contribution in [0.5, 0.6) is 0 Å². The summed E-state index contributed by atoms with van der Waals surface area (Å²) in [6.45, 7) is 7.17. The smallest absolute Gasteiger partial charge is 0.0693 e. The molecule has 0 amide bonds. The van der Waals surface area contributed by atoms with Gasteiger partial charge in [0, 0.05) is 12.6 Å². The maximum absolute atomic E-state index is 9.89. The first-order valence-electron chi connectivity index (χ1n) is 7.39. The predicted molar refractivity (Wildman–Crippen MR) is 71.1 cm³/mol. The topological polar surface area (TPSA) is 35.5 Å². The van der Waals surface area contributed by atoms with Crippen molar-refractivity contribution in [3.63, 3.8) is 0 Å². The van der Waals surface area contributed by atoms with Crippen molar-refractivity contribution < 1.29 is 5.11 Å². The molecule has 2 rings (SSSR count). The van der Waals surface area contributed by atoms with Crippen molar-refractivity contribution in [2.75, 3.05) is 26.2 Å². The molecular formula is C14H28N2O. The Morgan fingerprint density at radius 1 is 1.18 bits per heavy atom. The summed E-state index contributed by atoms with van der Waals surface area (Å²) in [7, 11) is 0. The average molecular weight is 240 g/mol. The Morgan fingerprint density at radius 2 is 1.88 bits per heavy atom. The van der Waals surface area contributed by atoms with E-state index < -0.39 is 0 Å². The molecule has 0 aromatic heterocycles. The van der Waals surface area contributed by atoms with Crippen molar-refractivity contribution in [1.29, 1.82) is 0 Å². The van der Waals surface area contributed by atoms with E-state index in [0.717, 1.165) is 19.4 Å². The number of nitrogens with one attached hydrogen (secondary N) is 1. The zero-order chi connectivity index (χ0) is 12.1. The van der Waals surface area contributed by atoms with Crippen LogP contribution in [-0.2, 0) is 0 Å². The van der Waals surface area contributed by atoms with Crippen LogP contribution in [0.25, 0.3) is 0 Å². The van der Waals surface area contributed by atoms with Gasteiger partial charge in [-0.1, -0.05) is 19.8 Å². The van der Waals surface area contributed by atoms with Gasteiger partial charge in [-0.25, -0.2) is 0 Å². The van der Waals surface area contributed by atoms with Gasteiger partial charge in [-0.05, 0) is 51.2 Å². The van der Waals surface area contributed by atoms with Crippen LogP contribution in [0.4, 0.5) is 0 Å². The molecule has 1 unspecified atom stereocenters. The van der Waals surface area contributed by atoms with Crippen LogP contribution in [0, 0.1) is 5.92 Å². The second-order valence-corrected chi connectivity index (χ2v) is 5.98. The SMILES string of the molecule is CC(CN[C@H]1CCCC[C@@H]1O)CN1CCCC1. The fourth-order valence-electron chi connectivity index (χ4n) is 3.17. The fourth-order valence-corrected chi connectivity index (χ4v) is 3.17. The van der Waals surface area contributed by atoms with Gasteiger partial charge < -0.3 is 15.3 Å². The normalized spacial score (nSPS) is 32.8. The highest BCUT2D eigenvalue weighted by molar-refractivity contribution is 4.81. The van der Waals surface area contributed by atoms with Gasteiger partial charge in [0.1, 0.15) is 0 Å². The van der Waals surface area contributed by atoms with Crippen LogP contribution < -0.4 is 5.32 Å². The highest BCUT2D eigenvalue weighted by Gasteiger charge is 2.23. The summed E-state index contributed by atoms with van der Waals surface area (Å²) in [6.07, 6.45) is 7.25. The maximum Gasteiger partial charge on any atom is 0.0693 e. The molecule has 100 valence electrons. The summed E-state index contributed by atoms with van der Waals surface area (Å²) >= 11 is 0. The van der Waals surface area contributed by atoms with E-state index in [1.54, 1.807) is 0 Å². The van der Waals surface area contributed by atoms with Crippen LogP contribution in [0.3, 0.4) is 0 Å². The van der Waals surface area contributed by atoms with Gasteiger partial charge in [0.2, 0.25) is 0 Å². The van der Waals surface area contributed by atoms with Crippen molar-refractivity contribution in [2.45, 2.75) is 57.6 Å². The van der Waals surface area contributed by atoms with E-state index >= 15 is 0 Å². The number of hydrogen-bond donors (Lipinski definition) is 2. The van der Waals surface area contributed by atoms with Crippen molar-refractivity contribution >= 4 is 0 Å². The second-order valence-electron chi connectivity index (χ2n) is 5.98. The summed E-state index contributed by atoms with van der Waals surface area (Å²) in [6, 6.07) is 0.352. The van der Waals surface area contributed by atoms with Crippen LogP contribution in [-0.4, -0.2) is 48.3 Å². The lowest BCUT2D eigenvalue weighted by molar-refractivity contribution is 0.0882. The van der Waals surface area contributed by atoms with Crippen LogP contribution in [0.2, 0.25) is 0 Å². The minimum atomic E-state index is -0.109. The molecule has 17 heavy (non-hydrogen) atoms. The molecule has 3 atom stereocenters. The molecule has 2 N–H and O–H groups in total. The fraction of sp³-hybridized carbons (Fsp3) is 1.00. The first-order valence-corrected chi connectivity index (χ1v) is 7.39. The number of aliphatic hydroxyl groups excluding tert-OH is 1. The Labute approximate surface area is 106 Å². The summed E-state index contributed by atoms with van der Waals surface area (Å²) in [5.74, 6) is 0.697. The van der Waals surface area contributed by atoms with Crippen molar-refractivity contribution in [2.24, 2.45) is 5.92 Å². The minimum Gasteiger partial charge on any atom is -0.392 e. The summed E-state index contributed by atoms with van der Waals surface area (Å²) in [5, 5.41) is 13.5. The lowest BCUT2D eigenvalue weighted by Crippen LogP contribution is -2.44. The summed E-state index contributed by atoms with van der Waals surface area (Å²) < 4.78 is 0. The lowest BCUT2D eigenvalue weighted by Gasteiger charge is -2.30. The first-order chi connectivity index (χ1) is 8.25. The van der Waals surface area contributed by atoms with E-state index in [1.807, 2.05) is 0 Å². The average Bonchev–Trinajstić information content (AvgIpc) is 2.81. The van der Waals surface area contributed by atoms with Gasteiger partial charge in [-0.3, -0.25) is 0 Å². The minimum absolute atomic E-state index is 0.109. The predicted octanol–water partition coefficient (Wildman–Crippen LogP) is 1.61. The number of likely N-dealkylation sites (tertiary alicyclic amines) is 1. The quantitative estimate of drug-likeness (QED) is 0.766. The molecular weight excluding hydrogens is 212 g/mol. The van der Waals surface area contributed by atoms with E-state index in [9.17, 15) is 5.11 Å². The first kappa shape index (κ1) is 13.3. The summed E-state index contributed by atoms with van der Waals surface area (Å²) in [5.41, 5.74) is 0. The van der Waals surface area contributed by atoms with Crippen molar-refractivity contribution in [3.05, 3.63) is 0 Å². The third kappa shape index (κ3) is 4.23. The Balaban J connectivity index is 1.62. The summed E-state index contributed by atoms with van der Waals surface area (Å²) in [4.78, 5) is 2.57. The Morgan fingerprint density at radius 3 is 2.59 bits per heavy atom. The molecule has 1 aliphatic heterocycles. The number of nitrogens with zero attached hydrogens (tertiary/aromatic N) is 1. The third-order valence-corrected chi connectivity index (χ3v) is 4.23. The molecule has 3 heteroatoms. The highest BCUT2D eigenvalue weighted by Crippen LogP contribution is 2.18. The molecule has 0 aromatic rings. The van der Waals surface area contributed by atoms with Gasteiger partial charge in [0.25, 0.3) is 0 Å². The van der Waals surface area contributed by atoms with Crippen LogP contribution in [0.1, 0.15) is 45.4 Å². The second kappa shape index (κ2) is 6.72. The zero-order valence-electron chi connectivity index (χ0n) is 11.2. The Bertz CT molecular complexity index is 216. The lowest BCUT2D eigenvalue weighted by atomic mass is 9.92. The Hall–Kier alpha value is -0.120. The van der Waals surface area contributed by atoms with Gasteiger partial charge in [0.05, 0.1) is 6.10 Å². The van der Waals surface area contributed by atoms with Gasteiger partial charge in [0.15, 0.2) is 0 Å². The van der Waals surface area contributed by atoms with E-state index in [-0.39, 0.29) is 6.10 Å². The molecule has 1 heterocycles. The molecule has 1 saturated carbocycles. The molecule has 2 aliphatic rings. The van der Waals surface area contributed by atoms with E-state index in [0.29, 0.717) is 12.0 Å². The molecule has 2 fully saturated rings. The van der Waals surface area contributed by atoms with Gasteiger partial charge in [-0.2, -0.15) is 0 Å². The van der Waals surface area contributed by atoms with Crippen LogP contribution >= 0.6 is 0 Å². The maximum atomic E-state index is 9.89. The Kier molecular flexibility index (Phi) is 5.26. The molecule has 1 aliphatic carbocycles. The number of aliphatic hydroxyl groups is 1. The van der Waals surface area contributed by atoms with Crippen LogP contribution in [0.15, 0.2) is 0 Å². The molecule has 3 nitrogen and oxygen atoms in total. The third-order valence-electron chi connectivity index (χ3n) is 4.23. The van der Waals surface area contributed by atoms with Gasteiger partial charge >= 0.3 is 0 Å².